The van der Waals surface area contributed by atoms with Crippen LogP contribution in [0.25, 0.3) is 10.9 Å². The lowest BCUT2D eigenvalue weighted by Gasteiger charge is -2.35. The van der Waals surface area contributed by atoms with Crippen LogP contribution in [0.3, 0.4) is 0 Å². The van der Waals surface area contributed by atoms with Gasteiger partial charge in [0.1, 0.15) is 5.75 Å². The molecule has 6 heteroatoms. The van der Waals surface area contributed by atoms with E-state index in [4.69, 9.17) is 0 Å². The van der Waals surface area contributed by atoms with Crippen LogP contribution >= 0.6 is 0 Å². The van der Waals surface area contributed by atoms with Crippen LogP contribution in [0, 0.1) is 0 Å². The normalized spacial score (nSPS) is 14.6. The predicted molar refractivity (Wildman–Crippen MR) is 98.2 cm³/mol. The highest BCUT2D eigenvalue weighted by Gasteiger charge is 2.27. The lowest BCUT2D eigenvalue weighted by atomic mass is 10.1. The molecule has 0 saturated carbocycles. The Morgan fingerprint density at radius 1 is 0.808 bits per heavy atom. The molecule has 132 valence electrons. The van der Waals surface area contributed by atoms with Gasteiger partial charge in [0, 0.05) is 37.8 Å². The molecule has 3 aromatic rings. The number of para-hydroxylation sites is 2. The first kappa shape index (κ1) is 16.2. The molecule has 1 fully saturated rings. The number of hydrogen-bond acceptors (Lipinski definition) is 3. The number of fused-ring (bicyclic) bond motifs is 1. The average Bonchev–Trinajstić information content (AvgIpc) is 3.16. The van der Waals surface area contributed by atoms with E-state index in [2.05, 4.69) is 4.98 Å². The molecule has 1 aliphatic heterocycles. The van der Waals surface area contributed by atoms with E-state index in [1.165, 1.54) is 6.07 Å². The molecule has 2 amide bonds. The standard InChI is InChI=1S/C20H19N3O3/c24-17-7-2-1-5-15(17)19(25)22-10-12-23(13-11-22)20(26)16-6-3-4-14-8-9-21-18(14)16/h1-9,21,24H,10-13H2. The van der Waals surface area contributed by atoms with E-state index in [9.17, 15) is 14.7 Å². The fourth-order valence-electron chi connectivity index (χ4n) is 3.37. The van der Waals surface area contributed by atoms with E-state index < -0.39 is 0 Å². The second-order valence-corrected chi connectivity index (χ2v) is 6.35. The van der Waals surface area contributed by atoms with Gasteiger partial charge >= 0.3 is 0 Å². The number of amides is 2. The molecule has 2 aromatic carbocycles. The maximum Gasteiger partial charge on any atom is 0.257 e. The van der Waals surface area contributed by atoms with Crippen molar-refractivity contribution in [3.63, 3.8) is 0 Å². The Morgan fingerprint density at radius 2 is 1.42 bits per heavy atom. The van der Waals surface area contributed by atoms with Gasteiger partial charge in [-0.05, 0) is 24.3 Å². The number of H-pyrrole nitrogens is 1. The number of nitrogens with one attached hydrogen (secondary N) is 1. The molecule has 1 aromatic heterocycles. The van der Waals surface area contributed by atoms with E-state index in [0.717, 1.165) is 10.9 Å². The zero-order valence-electron chi connectivity index (χ0n) is 14.2. The van der Waals surface area contributed by atoms with Crippen molar-refractivity contribution in [3.05, 3.63) is 65.9 Å². The fourth-order valence-corrected chi connectivity index (χ4v) is 3.37. The van der Waals surface area contributed by atoms with Gasteiger partial charge in [-0.3, -0.25) is 9.59 Å². The molecular formula is C20H19N3O3. The summed E-state index contributed by atoms with van der Waals surface area (Å²) in [5.41, 5.74) is 1.78. The van der Waals surface area contributed by atoms with Gasteiger partial charge in [0.05, 0.1) is 16.6 Å². The Balaban J connectivity index is 1.47. The van der Waals surface area contributed by atoms with Gasteiger partial charge in [0.15, 0.2) is 0 Å². The van der Waals surface area contributed by atoms with Crippen molar-refractivity contribution in [2.75, 3.05) is 26.2 Å². The zero-order valence-corrected chi connectivity index (χ0v) is 14.2. The summed E-state index contributed by atoms with van der Waals surface area (Å²) in [6.07, 6.45) is 1.82. The largest absolute Gasteiger partial charge is 0.507 e. The molecule has 6 nitrogen and oxygen atoms in total. The van der Waals surface area contributed by atoms with Crippen LogP contribution in [-0.4, -0.2) is 57.9 Å². The third-order valence-electron chi connectivity index (χ3n) is 4.81. The Kier molecular flexibility index (Phi) is 4.08. The van der Waals surface area contributed by atoms with Gasteiger partial charge in [0.25, 0.3) is 11.8 Å². The summed E-state index contributed by atoms with van der Waals surface area (Å²) >= 11 is 0. The number of aromatic hydroxyl groups is 1. The van der Waals surface area contributed by atoms with Crippen LogP contribution in [0.15, 0.2) is 54.7 Å². The number of aromatic nitrogens is 1. The zero-order chi connectivity index (χ0) is 18.1. The van der Waals surface area contributed by atoms with E-state index in [0.29, 0.717) is 37.3 Å². The predicted octanol–water partition coefficient (Wildman–Crippen LogP) is 2.47. The Hall–Kier alpha value is -3.28. The number of phenols is 1. The number of benzene rings is 2. The maximum absolute atomic E-state index is 12.9. The number of carbonyl (C=O) groups is 2. The number of hydrogen-bond donors (Lipinski definition) is 2. The van der Waals surface area contributed by atoms with Crippen molar-refractivity contribution < 1.29 is 14.7 Å². The van der Waals surface area contributed by atoms with Gasteiger partial charge in [-0.15, -0.1) is 0 Å². The van der Waals surface area contributed by atoms with Crippen LogP contribution in [0.2, 0.25) is 0 Å². The molecule has 2 heterocycles. The molecule has 0 radical (unpaired) electrons. The molecular weight excluding hydrogens is 330 g/mol. The molecule has 0 bridgehead atoms. The summed E-state index contributed by atoms with van der Waals surface area (Å²) < 4.78 is 0. The number of nitrogens with zero attached hydrogens (tertiary/aromatic N) is 2. The van der Waals surface area contributed by atoms with Crippen LogP contribution in [0.1, 0.15) is 20.7 Å². The first-order valence-electron chi connectivity index (χ1n) is 8.58. The van der Waals surface area contributed by atoms with Crippen molar-refractivity contribution in [1.82, 2.24) is 14.8 Å². The summed E-state index contributed by atoms with van der Waals surface area (Å²) in [6.45, 7) is 1.82. The van der Waals surface area contributed by atoms with Crippen LogP contribution in [0.4, 0.5) is 0 Å². The lowest BCUT2D eigenvalue weighted by Crippen LogP contribution is -2.50. The first-order chi connectivity index (χ1) is 12.6. The van der Waals surface area contributed by atoms with Crippen molar-refractivity contribution in [2.45, 2.75) is 0 Å². The highest BCUT2D eigenvalue weighted by atomic mass is 16.3. The van der Waals surface area contributed by atoms with Gasteiger partial charge < -0.3 is 19.9 Å². The van der Waals surface area contributed by atoms with Gasteiger partial charge in [-0.25, -0.2) is 0 Å². The molecule has 2 N–H and O–H groups in total. The molecule has 26 heavy (non-hydrogen) atoms. The molecule has 1 aliphatic rings. The van der Waals surface area contributed by atoms with E-state index in [1.54, 1.807) is 28.0 Å². The maximum atomic E-state index is 12.9. The Morgan fingerprint density at radius 3 is 2.12 bits per heavy atom. The van der Waals surface area contributed by atoms with Crippen LogP contribution in [0.5, 0.6) is 5.75 Å². The minimum absolute atomic E-state index is 0.0190. The van der Waals surface area contributed by atoms with Crippen LogP contribution < -0.4 is 0 Å². The molecule has 1 saturated heterocycles. The van der Waals surface area contributed by atoms with Gasteiger partial charge in [0.2, 0.25) is 0 Å². The third kappa shape index (κ3) is 2.79. The number of carbonyl (C=O) groups excluding carboxylic acids is 2. The van der Waals surface area contributed by atoms with Gasteiger partial charge in [-0.2, -0.15) is 0 Å². The quantitative estimate of drug-likeness (QED) is 0.746. The summed E-state index contributed by atoms with van der Waals surface area (Å²) in [5.74, 6) is -0.260. The van der Waals surface area contributed by atoms with E-state index >= 15 is 0 Å². The number of aromatic amines is 1. The summed E-state index contributed by atoms with van der Waals surface area (Å²) in [6, 6.07) is 14.1. The van der Waals surface area contributed by atoms with Crippen molar-refractivity contribution >= 4 is 22.7 Å². The topological polar surface area (TPSA) is 76.6 Å². The summed E-state index contributed by atoms with van der Waals surface area (Å²) in [4.78, 5) is 32.0. The SMILES string of the molecule is O=C(c1ccccc1O)N1CCN(C(=O)c2cccc3cc[nH]c23)CC1. The highest BCUT2D eigenvalue weighted by molar-refractivity contribution is 6.05. The van der Waals surface area contributed by atoms with Crippen molar-refractivity contribution in [1.29, 1.82) is 0 Å². The Labute approximate surface area is 150 Å². The molecule has 0 spiro atoms. The second-order valence-electron chi connectivity index (χ2n) is 6.35. The fraction of sp³-hybridized carbons (Fsp3) is 0.200. The van der Waals surface area contributed by atoms with E-state index in [-0.39, 0.29) is 17.6 Å². The average molecular weight is 349 g/mol. The highest BCUT2D eigenvalue weighted by Crippen LogP contribution is 2.21. The monoisotopic (exact) mass is 349 g/mol. The van der Waals surface area contributed by atoms with Crippen molar-refractivity contribution in [3.8, 4) is 5.75 Å². The molecule has 0 unspecified atom stereocenters. The number of piperazine rings is 1. The Bertz CT molecular complexity index is 971. The molecule has 0 atom stereocenters. The summed E-state index contributed by atoms with van der Waals surface area (Å²) in [5, 5.41) is 10.9. The molecule has 0 aliphatic carbocycles. The minimum Gasteiger partial charge on any atom is -0.507 e. The smallest absolute Gasteiger partial charge is 0.257 e. The lowest BCUT2D eigenvalue weighted by molar-refractivity contribution is 0.0534. The summed E-state index contributed by atoms with van der Waals surface area (Å²) in [7, 11) is 0. The third-order valence-corrected chi connectivity index (χ3v) is 4.81. The first-order valence-corrected chi connectivity index (χ1v) is 8.58. The minimum atomic E-state index is -0.207. The number of rotatable bonds is 2. The van der Waals surface area contributed by atoms with Gasteiger partial charge in [-0.1, -0.05) is 24.3 Å². The second kappa shape index (κ2) is 6.55. The van der Waals surface area contributed by atoms with E-state index in [1.807, 2.05) is 30.5 Å². The number of phenolic OH excluding ortho intramolecular Hbond substituents is 1. The molecule has 4 rings (SSSR count). The van der Waals surface area contributed by atoms with Crippen molar-refractivity contribution in [2.24, 2.45) is 0 Å². The van der Waals surface area contributed by atoms with Crippen LogP contribution in [-0.2, 0) is 0 Å².